The molecule has 2 N–H and O–H groups in total. The van der Waals surface area contributed by atoms with Gasteiger partial charge in [0.2, 0.25) is 5.91 Å². The van der Waals surface area contributed by atoms with E-state index in [2.05, 4.69) is 20.5 Å². The maximum atomic E-state index is 13.9. The van der Waals surface area contributed by atoms with Gasteiger partial charge in [-0.05, 0) is 50.5 Å². The molecule has 1 amide bonds. The van der Waals surface area contributed by atoms with Crippen LogP contribution in [0.1, 0.15) is 49.6 Å². The Balaban J connectivity index is 1.68. The second-order valence-electron chi connectivity index (χ2n) is 8.24. The summed E-state index contributed by atoms with van der Waals surface area (Å²) in [7, 11) is 0. The van der Waals surface area contributed by atoms with Crippen molar-refractivity contribution in [3.8, 4) is 0 Å². The number of hydrogen-bond donors (Lipinski definition) is 2. The number of benzene rings is 1. The van der Waals surface area contributed by atoms with Gasteiger partial charge in [0.05, 0.1) is 29.1 Å². The van der Waals surface area contributed by atoms with Gasteiger partial charge in [-0.15, -0.1) is 0 Å². The average Bonchev–Trinajstić information content (AvgIpc) is 3.35. The number of alkyl halides is 3. The van der Waals surface area contributed by atoms with Gasteiger partial charge in [0, 0.05) is 12.6 Å². The first-order valence-corrected chi connectivity index (χ1v) is 10.4. The largest absolute Gasteiger partial charge is 0.417 e. The third-order valence-electron chi connectivity index (χ3n) is 5.46. The first-order valence-electron chi connectivity index (χ1n) is 10.4. The summed E-state index contributed by atoms with van der Waals surface area (Å²) in [6.07, 6.45) is -3.41. The number of fused-ring (bicyclic) bond motifs is 1. The van der Waals surface area contributed by atoms with Crippen molar-refractivity contribution in [2.45, 2.75) is 51.4 Å². The number of halogens is 4. The molecular formula is C22H23F4N5O. The number of nitrogens with one attached hydrogen (secondary N) is 2. The number of likely N-dealkylation sites (tertiary alicyclic amines) is 1. The summed E-state index contributed by atoms with van der Waals surface area (Å²) in [5.74, 6) is -0.540. The summed E-state index contributed by atoms with van der Waals surface area (Å²) < 4.78 is 55.0. The lowest BCUT2D eigenvalue weighted by molar-refractivity contribution is -0.136. The van der Waals surface area contributed by atoms with E-state index in [-0.39, 0.29) is 40.9 Å². The van der Waals surface area contributed by atoms with Gasteiger partial charge < -0.3 is 10.2 Å². The van der Waals surface area contributed by atoms with Crippen LogP contribution in [0.5, 0.6) is 0 Å². The molecule has 1 aliphatic heterocycles. The lowest BCUT2D eigenvalue weighted by Gasteiger charge is -2.25. The van der Waals surface area contributed by atoms with Gasteiger partial charge in [-0.1, -0.05) is 12.1 Å². The number of amides is 1. The van der Waals surface area contributed by atoms with Crippen LogP contribution in [0.25, 0.3) is 11.0 Å². The minimum atomic E-state index is -4.62. The Hall–Kier alpha value is -3.17. The van der Waals surface area contributed by atoms with E-state index >= 15 is 0 Å². The van der Waals surface area contributed by atoms with E-state index < -0.39 is 23.6 Å². The van der Waals surface area contributed by atoms with E-state index in [9.17, 15) is 22.4 Å². The van der Waals surface area contributed by atoms with Crippen LogP contribution in [-0.2, 0) is 17.4 Å². The standard InChI is InChI=1S/C22H23F4N5O/c1-12(2)27-20-19-15(22(24,25)26)11-16(28-21(19)30-29-20)17-4-3-9-31(17)18(32)10-13-5-7-14(23)8-6-13/h5-8,11-12,17H,3-4,9-10H2,1-2H3,(H2,27,28,29,30). The maximum Gasteiger partial charge on any atom is 0.417 e. The Morgan fingerprint density at radius 3 is 2.66 bits per heavy atom. The zero-order valence-electron chi connectivity index (χ0n) is 17.6. The van der Waals surface area contributed by atoms with E-state index in [0.717, 1.165) is 6.07 Å². The summed E-state index contributed by atoms with van der Waals surface area (Å²) in [5.41, 5.74) is -0.00279. The van der Waals surface area contributed by atoms with Gasteiger partial charge in [-0.25, -0.2) is 9.37 Å². The van der Waals surface area contributed by atoms with Gasteiger partial charge in [0.15, 0.2) is 11.5 Å². The van der Waals surface area contributed by atoms with E-state index in [1.54, 1.807) is 18.7 Å². The first kappa shape index (κ1) is 22.0. The second kappa shape index (κ2) is 8.40. The van der Waals surface area contributed by atoms with Crippen LogP contribution in [0.2, 0.25) is 0 Å². The zero-order chi connectivity index (χ0) is 23.0. The topological polar surface area (TPSA) is 73.9 Å². The highest BCUT2D eigenvalue weighted by Crippen LogP contribution is 2.40. The summed E-state index contributed by atoms with van der Waals surface area (Å²) in [6, 6.07) is 5.94. The molecular weight excluding hydrogens is 426 g/mol. The molecule has 1 saturated heterocycles. The molecule has 0 bridgehead atoms. The first-order chi connectivity index (χ1) is 15.1. The Labute approximate surface area is 182 Å². The van der Waals surface area contributed by atoms with Crippen molar-refractivity contribution in [1.82, 2.24) is 20.1 Å². The molecule has 1 unspecified atom stereocenters. The van der Waals surface area contributed by atoms with Crippen LogP contribution in [0.3, 0.4) is 0 Å². The molecule has 10 heteroatoms. The summed E-state index contributed by atoms with van der Waals surface area (Å²) in [4.78, 5) is 18.9. The molecule has 2 aromatic heterocycles. The Morgan fingerprint density at radius 2 is 2.00 bits per heavy atom. The van der Waals surface area contributed by atoms with E-state index in [4.69, 9.17) is 0 Å². The quantitative estimate of drug-likeness (QED) is 0.547. The molecule has 0 saturated carbocycles. The van der Waals surface area contributed by atoms with Crippen LogP contribution >= 0.6 is 0 Å². The van der Waals surface area contributed by atoms with Crippen molar-refractivity contribution < 1.29 is 22.4 Å². The Bertz CT molecular complexity index is 1120. The SMILES string of the molecule is CC(C)Nc1n[nH]c2nc(C3CCCN3C(=O)Cc3ccc(F)cc3)cc(C(F)(F)F)c12. The van der Waals surface area contributed by atoms with Crippen molar-refractivity contribution in [3.05, 3.63) is 53.0 Å². The molecule has 0 radical (unpaired) electrons. The zero-order valence-corrected chi connectivity index (χ0v) is 17.6. The Morgan fingerprint density at radius 1 is 1.28 bits per heavy atom. The predicted molar refractivity (Wildman–Crippen MR) is 111 cm³/mol. The number of aromatic nitrogens is 3. The van der Waals surface area contributed by atoms with Gasteiger partial charge in [-0.3, -0.25) is 9.89 Å². The number of carbonyl (C=O) groups excluding carboxylic acids is 1. The minimum absolute atomic E-state index is 0.0239. The fourth-order valence-electron chi connectivity index (χ4n) is 4.07. The normalized spacial score (nSPS) is 16.8. The number of H-pyrrole nitrogens is 1. The number of rotatable bonds is 5. The summed E-state index contributed by atoms with van der Waals surface area (Å²) >= 11 is 0. The average molecular weight is 449 g/mol. The summed E-state index contributed by atoms with van der Waals surface area (Å²) in [5, 5.41) is 9.38. The molecule has 3 aromatic rings. The van der Waals surface area contributed by atoms with Crippen molar-refractivity contribution in [1.29, 1.82) is 0 Å². The molecule has 4 rings (SSSR count). The molecule has 3 heterocycles. The maximum absolute atomic E-state index is 13.9. The highest BCUT2D eigenvalue weighted by atomic mass is 19.4. The van der Waals surface area contributed by atoms with Crippen molar-refractivity contribution >= 4 is 22.8 Å². The van der Waals surface area contributed by atoms with Crippen molar-refractivity contribution in [2.24, 2.45) is 0 Å². The fraction of sp³-hybridized carbons (Fsp3) is 0.409. The lowest BCUT2D eigenvalue weighted by atomic mass is 10.0. The summed E-state index contributed by atoms with van der Waals surface area (Å²) in [6.45, 7) is 4.03. The smallest absolute Gasteiger partial charge is 0.366 e. The monoisotopic (exact) mass is 449 g/mol. The van der Waals surface area contributed by atoms with E-state index in [0.29, 0.717) is 24.9 Å². The predicted octanol–water partition coefficient (Wildman–Crippen LogP) is 4.84. The number of pyridine rings is 1. The highest BCUT2D eigenvalue weighted by Gasteiger charge is 2.38. The van der Waals surface area contributed by atoms with Crippen molar-refractivity contribution in [3.63, 3.8) is 0 Å². The Kier molecular flexibility index (Phi) is 5.79. The number of nitrogens with zero attached hydrogens (tertiary/aromatic N) is 3. The molecule has 1 fully saturated rings. The molecule has 1 atom stereocenters. The molecule has 1 aliphatic rings. The molecule has 0 spiro atoms. The molecule has 6 nitrogen and oxygen atoms in total. The number of aromatic amines is 1. The van der Waals surface area contributed by atoms with Gasteiger partial charge in [0.1, 0.15) is 5.82 Å². The van der Waals surface area contributed by atoms with Gasteiger partial charge in [0.25, 0.3) is 0 Å². The third-order valence-corrected chi connectivity index (χ3v) is 5.46. The molecule has 32 heavy (non-hydrogen) atoms. The molecule has 0 aliphatic carbocycles. The van der Waals surface area contributed by atoms with Crippen LogP contribution in [-0.4, -0.2) is 38.6 Å². The molecule has 1 aromatic carbocycles. The second-order valence-corrected chi connectivity index (χ2v) is 8.24. The van der Waals surface area contributed by atoms with Crippen LogP contribution in [0, 0.1) is 5.82 Å². The molecule has 170 valence electrons. The number of carbonyl (C=O) groups is 1. The third kappa shape index (κ3) is 4.39. The fourth-order valence-corrected chi connectivity index (χ4v) is 4.07. The minimum Gasteiger partial charge on any atom is -0.366 e. The van der Waals surface area contributed by atoms with Crippen LogP contribution in [0.15, 0.2) is 30.3 Å². The van der Waals surface area contributed by atoms with Crippen molar-refractivity contribution in [2.75, 3.05) is 11.9 Å². The lowest BCUT2D eigenvalue weighted by Crippen LogP contribution is -2.32. The number of anilines is 1. The highest BCUT2D eigenvalue weighted by molar-refractivity contribution is 5.91. The van der Waals surface area contributed by atoms with Crippen LogP contribution in [0.4, 0.5) is 23.4 Å². The van der Waals surface area contributed by atoms with E-state index in [1.165, 1.54) is 24.3 Å². The van der Waals surface area contributed by atoms with Gasteiger partial charge in [-0.2, -0.15) is 18.3 Å². The van der Waals surface area contributed by atoms with E-state index in [1.807, 2.05) is 0 Å². The van der Waals surface area contributed by atoms with Gasteiger partial charge >= 0.3 is 6.18 Å². The van der Waals surface area contributed by atoms with Crippen LogP contribution < -0.4 is 5.32 Å². The number of hydrogen-bond acceptors (Lipinski definition) is 4.